The van der Waals surface area contributed by atoms with Crippen LogP contribution in [0, 0.1) is 60.7 Å². The van der Waals surface area contributed by atoms with Gasteiger partial charge in [-0.15, -0.1) is 0 Å². The van der Waals surface area contributed by atoms with Crippen molar-refractivity contribution in [2.75, 3.05) is 0 Å². The smallest absolute Gasteiger partial charge is 0.283 e. The largest absolute Gasteiger partial charge is 0.863 e. The second-order valence-electron chi connectivity index (χ2n) is 5.17. The van der Waals surface area contributed by atoms with Crippen LogP contribution in [-0.4, -0.2) is 29.5 Å². The molecule has 2 rings (SSSR count). The van der Waals surface area contributed by atoms with Crippen molar-refractivity contribution in [3.05, 3.63) is 85.0 Å². The first-order chi connectivity index (χ1) is 14.7. The second kappa shape index (κ2) is 9.29. The molecule has 0 saturated carbocycles. The molecular formula is C12H4N6O14-2. The third-order valence-corrected chi connectivity index (χ3v) is 3.28. The van der Waals surface area contributed by atoms with E-state index in [1.54, 1.807) is 0 Å². The lowest BCUT2D eigenvalue weighted by Crippen LogP contribution is -2.04. The van der Waals surface area contributed by atoms with E-state index in [2.05, 4.69) is 0 Å². The van der Waals surface area contributed by atoms with Crippen molar-refractivity contribution in [2.45, 2.75) is 0 Å². The maximum atomic E-state index is 11.1. The molecule has 168 valence electrons. The van der Waals surface area contributed by atoms with Crippen molar-refractivity contribution in [3.8, 4) is 11.5 Å². The first-order valence-corrected chi connectivity index (χ1v) is 7.25. The van der Waals surface area contributed by atoms with Gasteiger partial charge in [-0.05, 0) is 0 Å². The first kappa shape index (κ1) is 24.5. The standard InChI is InChI=1S/2C6H3N3O7/c2*10-6-4(8(13)14)1-3(7(11)12)2-5(6)9(15)16/h2*1-2,10H/p-2. The number of hydrogen-bond donors (Lipinski definition) is 0. The summed E-state index contributed by atoms with van der Waals surface area (Å²) >= 11 is 0. The summed E-state index contributed by atoms with van der Waals surface area (Å²) in [6.45, 7) is 0. The van der Waals surface area contributed by atoms with Crippen LogP contribution in [0.25, 0.3) is 0 Å². The van der Waals surface area contributed by atoms with Crippen molar-refractivity contribution in [3.63, 3.8) is 0 Å². The van der Waals surface area contributed by atoms with Crippen molar-refractivity contribution in [1.29, 1.82) is 0 Å². The summed E-state index contributed by atoms with van der Waals surface area (Å²) in [6, 6.07) is 1.54. The number of non-ortho nitro benzene ring substituents is 2. The number of nitro benzene ring substituents is 6. The molecule has 20 nitrogen and oxygen atoms in total. The molecule has 2 aromatic rings. The summed E-state index contributed by atoms with van der Waals surface area (Å²) in [5, 5.41) is 84.2. The minimum atomic E-state index is -1.46. The van der Waals surface area contributed by atoms with E-state index in [0.717, 1.165) is 0 Å². The van der Waals surface area contributed by atoms with Crippen LogP contribution in [0.2, 0.25) is 0 Å². The Balaban J connectivity index is 0.000000320. The van der Waals surface area contributed by atoms with Crippen LogP contribution in [-0.2, 0) is 0 Å². The number of benzene rings is 2. The number of nitrogens with zero attached hydrogens (tertiary/aromatic N) is 6. The molecule has 0 atom stereocenters. The number of hydrogen-bond acceptors (Lipinski definition) is 14. The van der Waals surface area contributed by atoms with E-state index < -0.39 is 75.2 Å². The van der Waals surface area contributed by atoms with Gasteiger partial charge in [-0.3, -0.25) is 60.7 Å². The lowest BCUT2D eigenvalue weighted by molar-refractivity contribution is -0.420. The fourth-order valence-electron chi connectivity index (χ4n) is 1.92. The molecule has 0 aliphatic heterocycles. The highest BCUT2D eigenvalue weighted by Crippen LogP contribution is 2.37. The van der Waals surface area contributed by atoms with Gasteiger partial charge in [0, 0.05) is 0 Å². The lowest BCUT2D eigenvalue weighted by Gasteiger charge is -2.06. The van der Waals surface area contributed by atoms with Crippen molar-refractivity contribution in [1.82, 2.24) is 0 Å². The summed E-state index contributed by atoms with van der Waals surface area (Å²) in [4.78, 5) is 55.0. The molecule has 0 amide bonds. The molecule has 0 saturated heterocycles. The van der Waals surface area contributed by atoms with E-state index >= 15 is 0 Å². The van der Waals surface area contributed by atoms with E-state index in [4.69, 9.17) is 0 Å². The van der Waals surface area contributed by atoms with Crippen molar-refractivity contribution < 1.29 is 39.8 Å². The fourth-order valence-corrected chi connectivity index (χ4v) is 1.92. The molecule has 0 aliphatic carbocycles. The Morgan fingerprint density at radius 3 is 0.719 bits per heavy atom. The fraction of sp³-hybridized carbons (Fsp3) is 0. The third-order valence-electron chi connectivity index (χ3n) is 3.28. The Labute approximate surface area is 171 Å². The Morgan fingerprint density at radius 1 is 0.406 bits per heavy atom. The van der Waals surface area contributed by atoms with Gasteiger partial charge in [-0.25, -0.2) is 0 Å². The van der Waals surface area contributed by atoms with Crippen LogP contribution >= 0.6 is 0 Å². The second-order valence-corrected chi connectivity index (χ2v) is 5.17. The highest BCUT2D eigenvalue weighted by atomic mass is 16.7. The molecule has 0 heterocycles. The van der Waals surface area contributed by atoms with Gasteiger partial charge in [-0.1, -0.05) is 0 Å². The van der Waals surface area contributed by atoms with Gasteiger partial charge in [0.05, 0.1) is 65.3 Å². The van der Waals surface area contributed by atoms with Gasteiger partial charge in [0.2, 0.25) is 0 Å². The molecule has 0 unspecified atom stereocenters. The van der Waals surface area contributed by atoms with Crippen LogP contribution in [0.3, 0.4) is 0 Å². The Bertz CT molecular complexity index is 1020. The average molecular weight is 456 g/mol. The molecular weight excluding hydrogens is 452 g/mol. The number of rotatable bonds is 6. The zero-order valence-electron chi connectivity index (χ0n) is 14.7. The van der Waals surface area contributed by atoms with Crippen LogP contribution in [0.4, 0.5) is 34.1 Å². The normalized spacial score (nSPS) is 9.75. The molecule has 20 heteroatoms. The van der Waals surface area contributed by atoms with Gasteiger partial charge in [0.25, 0.3) is 34.1 Å². The van der Waals surface area contributed by atoms with Crippen molar-refractivity contribution in [2.24, 2.45) is 0 Å². The van der Waals surface area contributed by atoms with Crippen molar-refractivity contribution >= 4 is 34.1 Å². The molecule has 0 radical (unpaired) electrons. The predicted molar refractivity (Wildman–Crippen MR) is 91.7 cm³/mol. The highest BCUT2D eigenvalue weighted by molar-refractivity contribution is 5.64. The van der Waals surface area contributed by atoms with Gasteiger partial charge in [0.15, 0.2) is 0 Å². The first-order valence-electron chi connectivity index (χ1n) is 7.25. The quantitative estimate of drug-likeness (QED) is 0.432. The van der Waals surface area contributed by atoms with Gasteiger partial charge >= 0.3 is 0 Å². The summed E-state index contributed by atoms with van der Waals surface area (Å²) in [6.07, 6.45) is 0. The number of nitro groups is 6. The molecule has 0 aromatic heterocycles. The SMILES string of the molecule is O=[N+]([O-])c1cc([N+](=O)[O-])c([O-])c([N+](=O)[O-])c1.O=[N+]([O-])c1cc([N+](=O)[O-])c([O-])c([N+](=O)[O-])c1. The van der Waals surface area contributed by atoms with E-state index in [9.17, 15) is 70.9 Å². The Morgan fingerprint density at radius 2 is 0.594 bits per heavy atom. The summed E-state index contributed by atoms with van der Waals surface area (Å²) < 4.78 is 0. The zero-order chi connectivity index (χ0) is 24.9. The predicted octanol–water partition coefficient (Wildman–Crippen LogP) is 0.970. The van der Waals surface area contributed by atoms with Crippen LogP contribution < -0.4 is 10.2 Å². The highest BCUT2D eigenvalue weighted by Gasteiger charge is 2.25. The molecule has 0 N–H and O–H groups in total. The minimum absolute atomic E-state index is 0.384. The van der Waals surface area contributed by atoms with Crippen LogP contribution in [0.1, 0.15) is 0 Å². The molecule has 0 spiro atoms. The average Bonchev–Trinajstić information content (AvgIpc) is 2.67. The maximum absolute atomic E-state index is 11.1. The Kier molecular flexibility index (Phi) is 7.11. The maximum Gasteiger partial charge on any atom is 0.283 e. The monoisotopic (exact) mass is 456 g/mol. The van der Waals surface area contributed by atoms with E-state index in [0.29, 0.717) is 24.3 Å². The summed E-state index contributed by atoms with van der Waals surface area (Å²) in [5.74, 6) is -2.92. The van der Waals surface area contributed by atoms with Gasteiger partial charge < -0.3 is 10.2 Å². The summed E-state index contributed by atoms with van der Waals surface area (Å²) in [5.41, 5.74) is -6.53. The molecule has 0 bridgehead atoms. The zero-order valence-corrected chi connectivity index (χ0v) is 14.7. The third kappa shape index (κ3) is 5.28. The topological polar surface area (TPSA) is 305 Å². The molecule has 0 aliphatic rings. The lowest BCUT2D eigenvalue weighted by atomic mass is 10.2. The molecule has 32 heavy (non-hydrogen) atoms. The minimum Gasteiger partial charge on any atom is -0.863 e. The summed E-state index contributed by atoms with van der Waals surface area (Å²) in [7, 11) is 0. The van der Waals surface area contributed by atoms with Gasteiger partial charge in [0.1, 0.15) is 0 Å². The van der Waals surface area contributed by atoms with Crippen LogP contribution in [0.15, 0.2) is 24.3 Å². The van der Waals surface area contributed by atoms with E-state index in [1.807, 2.05) is 0 Å². The molecule has 0 fully saturated rings. The van der Waals surface area contributed by atoms with Gasteiger partial charge in [-0.2, -0.15) is 0 Å². The Hall–Kier alpha value is -5.56. The molecule has 2 aromatic carbocycles. The van der Waals surface area contributed by atoms with Crippen LogP contribution in [0.5, 0.6) is 11.5 Å². The van der Waals surface area contributed by atoms with E-state index in [1.165, 1.54) is 0 Å². The van der Waals surface area contributed by atoms with E-state index in [-0.39, 0.29) is 0 Å².